The smallest absolute Gasteiger partial charge is 0.327 e. The highest BCUT2D eigenvalue weighted by Crippen LogP contribution is 2.27. The molecule has 1 saturated heterocycles. The number of nitrogens with zero attached hydrogens (tertiary/aromatic N) is 1. The lowest BCUT2D eigenvalue weighted by Crippen LogP contribution is -2.62. The summed E-state index contributed by atoms with van der Waals surface area (Å²) < 4.78 is 21.8. The van der Waals surface area contributed by atoms with E-state index in [4.69, 9.17) is 5.11 Å². The van der Waals surface area contributed by atoms with E-state index in [1.807, 2.05) is 0 Å². The molecular weight excluding hydrogens is 222 g/mol. The average Bonchev–Trinajstić information content (AvgIpc) is 2.09. The summed E-state index contributed by atoms with van der Waals surface area (Å²) in [5, 5.41) is 8.77. The number of likely N-dealkylation sites (N-methyl/N-ethyl adjacent to an activating group) is 1. The maximum Gasteiger partial charge on any atom is 0.327 e. The maximum absolute atomic E-state index is 11.7. The van der Waals surface area contributed by atoms with Crippen LogP contribution in [0.5, 0.6) is 0 Å². The van der Waals surface area contributed by atoms with Crippen LogP contribution < -0.4 is 0 Å². The van der Waals surface area contributed by atoms with E-state index in [0.717, 1.165) is 4.90 Å². The van der Waals surface area contributed by atoms with E-state index in [9.17, 15) is 18.0 Å². The van der Waals surface area contributed by atoms with Gasteiger partial charge < -0.3 is 10.0 Å². The zero-order chi connectivity index (χ0) is 12.0. The van der Waals surface area contributed by atoms with Crippen molar-refractivity contribution in [2.45, 2.75) is 24.6 Å². The molecule has 1 aliphatic rings. The summed E-state index contributed by atoms with van der Waals surface area (Å²) in [6.45, 7) is 2.58. The van der Waals surface area contributed by atoms with Crippen LogP contribution in [0.1, 0.15) is 13.8 Å². The van der Waals surface area contributed by atoms with Gasteiger partial charge in [0.2, 0.25) is 5.91 Å². The zero-order valence-electron chi connectivity index (χ0n) is 8.72. The number of amides is 1. The third-order valence-corrected chi connectivity index (χ3v) is 5.23. The predicted octanol–water partition coefficient (Wildman–Crippen LogP) is -0.895. The van der Waals surface area contributed by atoms with Crippen LogP contribution in [0.3, 0.4) is 0 Å². The molecule has 0 spiro atoms. The molecule has 0 saturated carbocycles. The van der Waals surface area contributed by atoms with Crippen LogP contribution in [0, 0.1) is 0 Å². The van der Waals surface area contributed by atoms with Crippen molar-refractivity contribution in [1.82, 2.24) is 4.90 Å². The normalized spacial score (nSPS) is 28.9. The molecule has 1 amide bonds. The fraction of sp³-hybridized carbons (Fsp3) is 0.750. The molecule has 0 aliphatic carbocycles. The van der Waals surface area contributed by atoms with Crippen LogP contribution >= 0.6 is 0 Å². The first-order chi connectivity index (χ1) is 6.61. The fourth-order valence-corrected chi connectivity index (χ4v) is 3.07. The molecule has 1 heterocycles. The highest BCUT2D eigenvalue weighted by atomic mass is 32.2. The van der Waals surface area contributed by atoms with Gasteiger partial charge in [0, 0.05) is 7.05 Å². The van der Waals surface area contributed by atoms with Crippen molar-refractivity contribution in [2.24, 2.45) is 0 Å². The van der Waals surface area contributed by atoms with Gasteiger partial charge in [-0.2, -0.15) is 0 Å². The molecular formula is C8H13NO5S. The Morgan fingerprint density at radius 3 is 2.40 bits per heavy atom. The lowest BCUT2D eigenvalue weighted by Gasteiger charge is -2.38. The standard InChI is InChI=1S/C8H13NO5S/c1-8(2)7(12)9(3)5(6(10)11)4-15(8,13)14/h5H,4H2,1-3H3,(H,10,11)/t5-/m1/s1. The minimum absolute atomic E-state index is 0.530. The van der Waals surface area contributed by atoms with E-state index in [1.165, 1.54) is 20.9 Å². The zero-order valence-corrected chi connectivity index (χ0v) is 9.54. The fourth-order valence-electron chi connectivity index (χ4n) is 1.46. The molecule has 1 N–H and O–H groups in total. The lowest BCUT2D eigenvalue weighted by atomic mass is 10.1. The molecule has 86 valence electrons. The van der Waals surface area contributed by atoms with Gasteiger partial charge in [0.1, 0.15) is 10.8 Å². The van der Waals surface area contributed by atoms with Crippen molar-refractivity contribution in [2.75, 3.05) is 12.8 Å². The Labute approximate surface area is 87.8 Å². The number of hydrogen-bond acceptors (Lipinski definition) is 4. The minimum atomic E-state index is -3.71. The molecule has 0 aromatic rings. The number of aliphatic carboxylic acids is 1. The predicted molar refractivity (Wildman–Crippen MR) is 52.1 cm³/mol. The van der Waals surface area contributed by atoms with Gasteiger partial charge >= 0.3 is 5.97 Å². The van der Waals surface area contributed by atoms with E-state index in [0.29, 0.717) is 0 Å². The van der Waals surface area contributed by atoms with Crippen LogP contribution in [0.4, 0.5) is 0 Å². The highest BCUT2D eigenvalue weighted by Gasteiger charge is 2.52. The Hall–Kier alpha value is -1.11. The topological polar surface area (TPSA) is 91.8 Å². The van der Waals surface area contributed by atoms with E-state index >= 15 is 0 Å². The van der Waals surface area contributed by atoms with Gasteiger partial charge in [-0.05, 0) is 13.8 Å². The number of carboxylic acids is 1. The van der Waals surface area contributed by atoms with Crippen molar-refractivity contribution in [1.29, 1.82) is 0 Å². The lowest BCUT2D eigenvalue weighted by molar-refractivity contribution is -0.149. The van der Waals surface area contributed by atoms with Crippen LogP contribution in [0.2, 0.25) is 0 Å². The van der Waals surface area contributed by atoms with Crippen molar-refractivity contribution in [3.05, 3.63) is 0 Å². The van der Waals surface area contributed by atoms with E-state index < -0.39 is 38.3 Å². The Morgan fingerprint density at radius 1 is 1.53 bits per heavy atom. The number of carbonyl (C=O) groups is 2. The molecule has 1 fully saturated rings. The Bertz CT molecular complexity index is 411. The molecule has 0 aromatic heterocycles. The molecule has 1 aliphatic heterocycles. The van der Waals surface area contributed by atoms with Gasteiger partial charge in [-0.15, -0.1) is 0 Å². The molecule has 0 unspecified atom stereocenters. The molecule has 1 rings (SSSR count). The molecule has 0 radical (unpaired) electrons. The monoisotopic (exact) mass is 235 g/mol. The van der Waals surface area contributed by atoms with Gasteiger partial charge in [0.25, 0.3) is 0 Å². The summed E-state index contributed by atoms with van der Waals surface area (Å²) in [4.78, 5) is 23.4. The van der Waals surface area contributed by atoms with E-state index in [1.54, 1.807) is 0 Å². The third-order valence-electron chi connectivity index (χ3n) is 2.74. The summed E-state index contributed by atoms with van der Waals surface area (Å²) in [7, 11) is -2.41. The Kier molecular flexibility index (Phi) is 2.55. The first-order valence-corrected chi connectivity index (χ1v) is 5.99. The van der Waals surface area contributed by atoms with Gasteiger partial charge in [-0.1, -0.05) is 0 Å². The summed E-state index contributed by atoms with van der Waals surface area (Å²) in [5.41, 5.74) is 0. The number of carboxylic acid groups (broad SMARTS) is 1. The summed E-state index contributed by atoms with van der Waals surface area (Å²) in [6, 6.07) is -1.28. The van der Waals surface area contributed by atoms with Crippen LogP contribution in [0.15, 0.2) is 0 Å². The number of hydrogen-bond donors (Lipinski definition) is 1. The van der Waals surface area contributed by atoms with Crippen molar-refractivity contribution in [3.63, 3.8) is 0 Å². The number of carbonyl (C=O) groups excluding carboxylic acids is 1. The minimum Gasteiger partial charge on any atom is -0.480 e. The number of sulfone groups is 1. The molecule has 7 heteroatoms. The van der Waals surface area contributed by atoms with Crippen LogP contribution in [0.25, 0.3) is 0 Å². The van der Waals surface area contributed by atoms with Crippen molar-refractivity contribution < 1.29 is 23.1 Å². The quantitative estimate of drug-likeness (QED) is 0.636. The first-order valence-electron chi connectivity index (χ1n) is 4.33. The van der Waals surface area contributed by atoms with Gasteiger partial charge in [0.05, 0.1) is 5.75 Å². The van der Waals surface area contributed by atoms with Crippen molar-refractivity contribution in [3.8, 4) is 0 Å². The van der Waals surface area contributed by atoms with Crippen molar-refractivity contribution >= 4 is 21.7 Å². The SMILES string of the molecule is CN1C(=O)C(C)(C)S(=O)(=O)C[C@@H]1C(=O)O. The number of rotatable bonds is 1. The molecule has 0 aromatic carbocycles. The molecule has 1 atom stereocenters. The molecule has 15 heavy (non-hydrogen) atoms. The Morgan fingerprint density at radius 2 is 2.00 bits per heavy atom. The first kappa shape index (κ1) is 12.0. The second-order valence-electron chi connectivity index (χ2n) is 4.06. The average molecular weight is 235 g/mol. The van der Waals surface area contributed by atoms with E-state index in [2.05, 4.69) is 0 Å². The summed E-state index contributed by atoms with van der Waals surface area (Å²) in [6.07, 6.45) is 0. The summed E-state index contributed by atoms with van der Waals surface area (Å²) >= 11 is 0. The molecule has 0 bridgehead atoms. The second kappa shape index (κ2) is 3.19. The van der Waals surface area contributed by atoms with E-state index in [-0.39, 0.29) is 0 Å². The van der Waals surface area contributed by atoms with Gasteiger partial charge in [0.15, 0.2) is 9.84 Å². The second-order valence-corrected chi connectivity index (χ2v) is 6.65. The Balaban J connectivity index is 3.23. The highest BCUT2D eigenvalue weighted by molar-refractivity contribution is 7.93. The summed E-state index contributed by atoms with van der Waals surface area (Å²) in [5.74, 6) is -2.51. The van der Waals surface area contributed by atoms with Gasteiger partial charge in [-0.3, -0.25) is 4.79 Å². The van der Waals surface area contributed by atoms with Crippen LogP contribution in [-0.4, -0.2) is 53.9 Å². The third kappa shape index (κ3) is 1.60. The largest absolute Gasteiger partial charge is 0.480 e. The van der Waals surface area contributed by atoms with Gasteiger partial charge in [-0.25, -0.2) is 13.2 Å². The molecule has 6 nitrogen and oxygen atoms in total. The maximum atomic E-state index is 11.7. The van der Waals surface area contributed by atoms with Crippen LogP contribution in [-0.2, 0) is 19.4 Å².